The molecule has 122 valence electrons. The van der Waals surface area contributed by atoms with Gasteiger partial charge in [-0.15, -0.1) is 0 Å². The molecule has 1 aromatic carbocycles. The monoisotopic (exact) mass is 317 g/mol. The minimum atomic E-state index is -1.04. The van der Waals surface area contributed by atoms with Crippen LogP contribution in [0.15, 0.2) is 34.9 Å². The number of furan rings is 1. The third-order valence-electron chi connectivity index (χ3n) is 3.30. The van der Waals surface area contributed by atoms with Crippen LogP contribution in [0.25, 0.3) is 0 Å². The Morgan fingerprint density at radius 2 is 1.96 bits per heavy atom. The van der Waals surface area contributed by atoms with E-state index in [2.05, 4.69) is 5.32 Å². The van der Waals surface area contributed by atoms with Gasteiger partial charge in [0.05, 0.1) is 6.26 Å². The van der Waals surface area contributed by atoms with E-state index < -0.39 is 12.6 Å². The van der Waals surface area contributed by atoms with Gasteiger partial charge in [-0.05, 0) is 49.2 Å². The Morgan fingerprint density at radius 1 is 1.26 bits per heavy atom. The van der Waals surface area contributed by atoms with Gasteiger partial charge in [0.15, 0.2) is 6.61 Å². The van der Waals surface area contributed by atoms with E-state index in [1.165, 1.54) is 0 Å². The van der Waals surface area contributed by atoms with Crippen molar-refractivity contribution >= 4 is 11.9 Å². The lowest BCUT2D eigenvalue weighted by Gasteiger charge is -2.13. The molecule has 6 heteroatoms. The molecule has 0 spiro atoms. The number of hydrogen-bond donors (Lipinski definition) is 2. The van der Waals surface area contributed by atoms with Crippen molar-refractivity contribution in [1.29, 1.82) is 0 Å². The van der Waals surface area contributed by atoms with Gasteiger partial charge in [-0.1, -0.05) is 0 Å². The molecule has 0 bridgehead atoms. The average Bonchev–Trinajstić information content (AvgIpc) is 2.99. The predicted molar refractivity (Wildman–Crippen MR) is 83.8 cm³/mol. The molecule has 0 atom stereocenters. The fourth-order valence-corrected chi connectivity index (χ4v) is 2.30. The average molecular weight is 317 g/mol. The van der Waals surface area contributed by atoms with Crippen molar-refractivity contribution in [2.45, 2.75) is 20.3 Å². The van der Waals surface area contributed by atoms with Crippen molar-refractivity contribution in [2.75, 3.05) is 13.2 Å². The molecule has 0 saturated carbocycles. The second-order valence-corrected chi connectivity index (χ2v) is 5.21. The number of aliphatic carboxylic acids is 1. The Labute approximate surface area is 134 Å². The number of carbonyl (C=O) groups excluding carboxylic acids is 1. The summed E-state index contributed by atoms with van der Waals surface area (Å²) in [5.74, 6) is 0.0886. The second kappa shape index (κ2) is 7.49. The maximum Gasteiger partial charge on any atom is 0.341 e. The number of hydrogen-bond acceptors (Lipinski definition) is 4. The van der Waals surface area contributed by atoms with Gasteiger partial charge in [-0.2, -0.15) is 0 Å². The smallest absolute Gasteiger partial charge is 0.341 e. The zero-order valence-electron chi connectivity index (χ0n) is 13.1. The molecule has 0 aliphatic heterocycles. The molecule has 0 unspecified atom stereocenters. The van der Waals surface area contributed by atoms with Gasteiger partial charge in [0.1, 0.15) is 11.5 Å². The summed E-state index contributed by atoms with van der Waals surface area (Å²) in [6.45, 7) is 3.63. The summed E-state index contributed by atoms with van der Waals surface area (Å²) in [4.78, 5) is 22.8. The van der Waals surface area contributed by atoms with E-state index in [4.69, 9.17) is 14.3 Å². The molecule has 6 nitrogen and oxygen atoms in total. The lowest BCUT2D eigenvalue weighted by Crippen LogP contribution is -2.25. The zero-order chi connectivity index (χ0) is 16.8. The fraction of sp³-hybridized carbons (Fsp3) is 0.294. The summed E-state index contributed by atoms with van der Waals surface area (Å²) >= 11 is 0. The van der Waals surface area contributed by atoms with Gasteiger partial charge in [0, 0.05) is 18.5 Å². The van der Waals surface area contributed by atoms with Crippen molar-refractivity contribution in [3.05, 3.63) is 53.0 Å². The predicted octanol–water partition coefficient (Wildman–Crippen LogP) is 2.33. The number of carboxylic acids is 1. The highest BCUT2D eigenvalue weighted by molar-refractivity contribution is 5.94. The quantitative estimate of drug-likeness (QED) is 0.818. The maximum atomic E-state index is 12.2. The standard InChI is InChI=1S/C17H19NO5/c1-11-8-13(9-12(2)16(11)23-10-15(19)20)17(21)18-6-5-14-4-3-7-22-14/h3-4,7-9H,5-6,10H2,1-2H3,(H,18,21)(H,19,20). The molecular formula is C17H19NO5. The first-order chi connectivity index (χ1) is 11.0. The number of ether oxygens (including phenoxy) is 1. The van der Waals surface area contributed by atoms with E-state index in [0.29, 0.717) is 24.3 Å². The van der Waals surface area contributed by atoms with Crippen LogP contribution in [0.5, 0.6) is 5.75 Å². The van der Waals surface area contributed by atoms with E-state index in [1.54, 1.807) is 38.3 Å². The molecule has 23 heavy (non-hydrogen) atoms. The van der Waals surface area contributed by atoms with Crippen LogP contribution in [0, 0.1) is 13.8 Å². The minimum Gasteiger partial charge on any atom is -0.481 e. The molecule has 2 aromatic rings. The molecule has 1 aromatic heterocycles. The Kier molecular flexibility index (Phi) is 5.41. The van der Waals surface area contributed by atoms with Gasteiger partial charge < -0.3 is 19.6 Å². The van der Waals surface area contributed by atoms with E-state index >= 15 is 0 Å². The van der Waals surface area contributed by atoms with Crippen LogP contribution < -0.4 is 10.1 Å². The lowest BCUT2D eigenvalue weighted by molar-refractivity contribution is -0.139. The van der Waals surface area contributed by atoms with Crippen molar-refractivity contribution in [3.63, 3.8) is 0 Å². The van der Waals surface area contributed by atoms with Crippen LogP contribution in [-0.2, 0) is 11.2 Å². The summed E-state index contributed by atoms with van der Waals surface area (Å²) in [5, 5.41) is 11.5. The fourth-order valence-electron chi connectivity index (χ4n) is 2.30. The summed E-state index contributed by atoms with van der Waals surface area (Å²) in [7, 11) is 0. The van der Waals surface area contributed by atoms with E-state index in [9.17, 15) is 9.59 Å². The van der Waals surface area contributed by atoms with Crippen LogP contribution in [0.2, 0.25) is 0 Å². The topological polar surface area (TPSA) is 88.8 Å². The van der Waals surface area contributed by atoms with Crippen molar-refractivity contribution < 1.29 is 23.8 Å². The van der Waals surface area contributed by atoms with Crippen molar-refractivity contribution in [1.82, 2.24) is 5.32 Å². The Balaban J connectivity index is 1.98. The highest BCUT2D eigenvalue weighted by Gasteiger charge is 2.12. The molecular weight excluding hydrogens is 298 g/mol. The second-order valence-electron chi connectivity index (χ2n) is 5.21. The SMILES string of the molecule is Cc1cc(C(=O)NCCc2ccco2)cc(C)c1OCC(=O)O. The first-order valence-electron chi connectivity index (χ1n) is 7.24. The molecule has 2 N–H and O–H groups in total. The summed E-state index contributed by atoms with van der Waals surface area (Å²) in [6.07, 6.45) is 2.22. The highest BCUT2D eigenvalue weighted by atomic mass is 16.5. The molecule has 0 aliphatic rings. The Bertz CT molecular complexity index is 668. The maximum absolute atomic E-state index is 12.2. The minimum absolute atomic E-state index is 0.187. The number of carbonyl (C=O) groups is 2. The highest BCUT2D eigenvalue weighted by Crippen LogP contribution is 2.24. The first kappa shape index (κ1) is 16.6. The van der Waals surface area contributed by atoms with E-state index in [-0.39, 0.29) is 5.91 Å². The molecule has 0 radical (unpaired) electrons. The summed E-state index contributed by atoms with van der Waals surface area (Å²) in [6, 6.07) is 7.04. The third kappa shape index (κ3) is 4.60. The first-order valence-corrected chi connectivity index (χ1v) is 7.24. The molecule has 1 amide bonds. The zero-order valence-corrected chi connectivity index (χ0v) is 13.1. The number of nitrogens with one attached hydrogen (secondary N) is 1. The normalized spacial score (nSPS) is 10.3. The number of amides is 1. The van der Waals surface area contributed by atoms with Crippen molar-refractivity contribution in [2.24, 2.45) is 0 Å². The summed E-state index contributed by atoms with van der Waals surface area (Å²) < 4.78 is 10.5. The van der Waals surface area contributed by atoms with Crippen LogP contribution in [-0.4, -0.2) is 30.1 Å². The van der Waals surface area contributed by atoms with Crippen LogP contribution in [0.1, 0.15) is 27.2 Å². The molecule has 0 fully saturated rings. The number of rotatable bonds is 7. The number of benzene rings is 1. The van der Waals surface area contributed by atoms with Gasteiger partial charge in [0.25, 0.3) is 5.91 Å². The van der Waals surface area contributed by atoms with Crippen LogP contribution in [0.4, 0.5) is 0 Å². The van der Waals surface area contributed by atoms with Crippen LogP contribution in [0.3, 0.4) is 0 Å². The number of aryl methyl sites for hydroxylation is 2. The van der Waals surface area contributed by atoms with Gasteiger partial charge in [-0.25, -0.2) is 4.79 Å². The third-order valence-corrected chi connectivity index (χ3v) is 3.30. The molecule has 1 heterocycles. The Morgan fingerprint density at radius 3 is 2.52 bits per heavy atom. The lowest BCUT2D eigenvalue weighted by atomic mass is 10.0. The van der Waals surface area contributed by atoms with Gasteiger partial charge in [-0.3, -0.25) is 4.79 Å². The molecule has 2 rings (SSSR count). The van der Waals surface area contributed by atoms with E-state index in [0.717, 1.165) is 16.9 Å². The van der Waals surface area contributed by atoms with Gasteiger partial charge in [0.2, 0.25) is 0 Å². The summed E-state index contributed by atoms with van der Waals surface area (Å²) in [5.41, 5.74) is 1.96. The Hall–Kier alpha value is -2.76. The number of carboxylic acid groups (broad SMARTS) is 1. The van der Waals surface area contributed by atoms with Gasteiger partial charge >= 0.3 is 5.97 Å². The van der Waals surface area contributed by atoms with E-state index in [1.807, 2.05) is 6.07 Å². The largest absolute Gasteiger partial charge is 0.481 e. The van der Waals surface area contributed by atoms with Crippen LogP contribution >= 0.6 is 0 Å². The van der Waals surface area contributed by atoms with Crippen molar-refractivity contribution in [3.8, 4) is 5.75 Å². The molecule has 0 aliphatic carbocycles. The molecule has 0 saturated heterocycles.